The number of aryl methyl sites for hydroxylation is 1. The maximum absolute atomic E-state index is 13.5. The lowest BCUT2D eigenvalue weighted by atomic mass is 9.82. The van der Waals surface area contributed by atoms with Gasteiger partial charge in [0, 0.05) is 17.8 Å². The van der Waals surface area contributed by atoms with Gasteiger partial charge in [-0.2, -0.15) is 0 Å². The number of benzene rings is 1. The van der Waals surface area contributed by atoms with Crippen LogP contribution in [0.4, 0.5) is 0 Å². The second-order valence-corrected chi connectivity index (χ2v) is 9.96. The molecule has 1 saturated heterocycles. The normalized spacial score (nSPS) is 22.1. The zero-order valence-electron chi connectivity index (χ0n) is 20.8. The van der Waals surface area contributed by atoms with Crippen LogP contribution >= 0.6 is 12.6 Å². The number of amides is 1. The number of hydrogen-bond acceptors (Lipinski definition) is 6. The lowest BCUT2D eigenvalue weighted by Crippen LogP contribution is -2.54. The van der Waals surface area contributed by atoms with E-state index in [1.807, 2.05) is 25.3 Å². The molecule has 2 N–H and O–H groups in total. The number of likely N-dealkylation sites (N-methyl/N-ethyl adjacent to an activating group) is 1. The Kier molecular flexibility index (Phi) is 10.4. The smallest absolute Gasteiger partial charge is 0.237 e. The topological polar surface area (TPSA) is 73.8 Å². The minimum Gasteiger partial charge on any atom is -0.345 e. The highest BCUT2D eigenvalue weighted by Crippen LogP contribution is 2.28. The van der Waals surface area contributed by atoms with Crippen molar-refractivity contribution in [2.75, 3.05) is 20.1 Å². The van der Waals surface area contributed by atoms with Gasteiger partial charge in [0.2, 0.25) is 5.91 Å². The number of likely N-dealkylation sites (tertiary alicyclic amines) is 1. The molecule has 3 rings (SSSR count). The first-order valence-electron chi connectivity index (χ1n) is 12.6. The van der Waals surface area contributed by atoms with E-state index in [-0.39, 0.29) is 29.7 Å². The van der Waals surface area contributed by atoms with Crippen molar-refractivity contribution in [1.82, 2.24) is 15.5 Å². The minimum absolute atomic E-state index is 0.104. The molecule has 1 heterocycles. The van der Waals surface area contributed by atoms with E-state index in [0.717, 1.165) is 56.3 Å². The maximum atomic E-state index is 13.5. The molecule has 1 aliphatic heterocycles. The van der Waals surface area contributed by atoms with Gasteiger partial charge in [-0.25, -0.2) is 0 Å². The summed E-state index contributed by atoms with van der Waals surface area (Å²) >= 11 is 4.37. The van der Waals surface area contributed by atoms with Crippen LogP contribution in [0.25, 0.3) is 5.70 Å². The predicted molar refractivity (Wildman–Crippen MR) is 143 cm³/mol. The lowest BCUT2D eigenvalue weighted by Gasteiger charge is -2.32. The Morgan fingerprint density at radius 3 is 2.65 bits per heavy atom. The van der Waals surface area contributed by atoms with Crippen LogP contribution in [-0.2, 0) is 9.59 Å². The van der Waals surface area contributed by atoms with Crippen molar-refractivity contribution < 1.29 is 9.59 Å². The number of ketones is 1. The molecule has 1 amide bonds. The molecule has 2 aliphatic rings. The van der Waals surface area contributed by atoms with Gasteiger partial charge in [-0.15, -0.1) is 12.6 Å². The molecular weight excluding hydrogens is 444 g/mol. The molecule has 0 bridgehead atoms. The minimum atomic E-state index is -0.415. The molecule has 0 spiro atoms. The molecule has 186 valence electrons. The van der Waals surface area contributed by atoms with Gasteiger partial charge >= 0.3 is 0 Å². The molecule has 3 atom stereocenters. The molecular formula is C27H40N4O2S. The van der Waals surface area contributed by atoms with Crippen LogP contribution in [0, 0.1) is 12.8 Å². The Labute approximate surface area is 210 Å². The van der Waals surface area contributed by atoms with Crippen LogP contribution < -0.4 is 10.6 Å². The lowest BCUT2D eigenvalue weighted by molar-refractivity contribution is -0.130. The largest absolute Gasteiger partial charge is 0.345 e. The van der Waals surface area contributed by atoms with Gasteiger partial charge in [0.25, 0.3) is 0 Å². The Balaban J connectivity index is 1.68. The predicted octanol–water partition coefficient (Wildman–Crippen LogP) is 4.00. The van der Waals surface area contributed by atoms with E-state index in [4.69, 9.17) is 4.99 Å². The number of nitrogens with zero attached hydrogens (tertiary/aromatic N) is 2. The van der Waals surface area contributed by atoms with E-state index in [9.17, 15) is 9.59 Å². The molecule has 2 unspecified atom stereocenters. The summed E-state index contributed by atoms with van der Waals surface area (Å²) in [7, 11) is 1.76. The van der Waals surface area contributed by atoms with Crippen molar-refractivity contribution in [3.05, 3.63) is 40.8 Å². The number of hydrogen-bond donors (Lipinski definition) is 3. The Morgan fingerprint density at radius 1 is 1.21 bits per heavy atom. The Morgan fingerprint density at radius 2 is 1.97 bits per heavy atom. The monoisotopic (exact) mass is 484 g/mol. The summed E-state index contributed by atoms with van der Waals surface area (Å²) < 4.78 is 0. The summed E-state index contributed by atoms with van der Waals surface area (Å²) in [6, 6.07) is 7.58. The maximum Gasteiger partial charge on any atom is 0.237 e. The average Bonchev–Trinajstić information content (AvgIpc) is 3.29. The van der Waals surface area contributed by atoms with E-state index in [2.05, 4.69) is 47.2 Å². The number of Topliss-reactive ketones (excluding diaryl/α,β-unsaturated/α-hetero) is 1. The van der Waals surface area contributed by atoms with Crippen LogP contribution in [-0.4, -0.2) is 61.1 Å². The number of carbonyl (C=O) groups excluding carboxylic acids is 2. The molecule has 1 aliphatic carbocycles. The highest BCUT2D eigenvalue weighted by molar-refractivity contribution is 7.83. The highest BCUT2D eigenvalue weighted by atomic mass is 32.1. The van der Waals surface area contributed by atoms with Crippen LogP contribution in [0.3, 0.4) is 0 Å². The fraction of sp³-hybridized carbons (Fsp3) is 0.593. The number of aliphatic imine (C=N–C) groups is 1. The summed E-state index contributed by atoms with van der Waals surface area (Å²) in [4.78, 5) is 33.1. The fourth-order valence-electron chi connectivity index (χ4n) is 5.01. The summed E-state index contributed by atoms with van der Waals surface area (Å²) in [5.41, 5.74) is 3.03. The molecule has 1 saturated carbocycles. The van der Waals surface area contributed by atoms with Crippen LogP contribution in [0.1, 0.15) is 63.0 Å². The fourth-order valence-corrected chi connectivity index (χ4v) is 5.22. The van der Waals surface area contributed by atoms with Crippen molar-refractivity contribution in [1.29, 1.82) is 0 Å². The summed E-state index contributed by atoms with van der Waals surface area (Å²) in [6.45, 7) is 5.10. The number of nitrogens with one attached hydrogen (secondary N) is 2. The first-order valence-corrected chi connectivity index (χ1v) is 13.1. The standard InChI is InChI=1S/C27H40N4O2S/c1-19-9-7-12-22(15-19)24(18-34)29-16-23-13-8-14-31(23)17-25(32)26(21-10-5-4-6-11-21)30-27(33)20(2)28-3/h7,9,12,15-16,18,20-21,23,26,28,34H,4-6,8,10-11,13-14,17H2,1-3H3,(H,30,33)/b24-18-,29-16?/t20-,23?,26?/m0/s1. The summed E-state index contributed by atoms with van der Waals surface area (Å²) in [5, 5.41) is 7.79. The average molecular weight is 485 g/mol. The number of thiol groups is 1. The van der Waals surface area contributed by atoms with Crippen molar-refractivity contribution in [3.8, 4) is 0 Å². The van der Waals surface area contributed by atoms with Crippen molar-refractivity contribution >= 4 is 36.2 Å². The summed E-state index contributed by atoms with van der Waals surface area (Å²) in [5.74, 6) is 0.240. The zero-order valence-corrected chi connectivity index (χ0v) is 21.7. The van der Waals surface area contributed by atoms with E-state index < -0.39 is 6.04 Å². The molecule has 7 heteroatoms. The second kappa shape index (κ2) is 13.2. The molecule has 34 heavy (non-hydrogen) atoms. The SMILES string of the molecule is CN[C@@H](C)C(=O)NC(C(=O)CN1CCCC1C=N/C(=C\S)c1cccc(C)c1)C1CCCCC1. The van der Waals surface area contributed by atoms with Gasteiger partial charge in [-0.1, -0.05) is 43.0 Å². The number of carbonyl (C=O) groups is 2. The van der Waals surface area contributed by atoms with Crippen molar-refractivity contribution in [2.45, 2.75) is 76.9 Å². The molecule has 0 radical (unpaired) electrons. The zero-order chi connectivity index (χ0) is 24.5. The van der Waals surface area contributed by atoms with E-state index in [1.165, 1.54) is 12.0 Å². The van der Waals surface area contributed by atoms with Crippen molar-refractivity contribution in [2.24, 2.45) is 10.9 Å². The highest BCUT2D eigenvalue weighted by Gasteiger charge is 2.34. The first kappa shape index (κ1) is 26.6. The third-order valence-corrected chi connectivity index (χ3v) is 7.43. The second-order valence-electron chi connectivity index (χ2n) is 9.70. The van der Waals surface area contributed by atoms with Crippen molar-refractivity contribution in [3.63, 3.8) is 0 Å². The van der Waals surface area contributed by atoms with Gasteiger partial charge in [-0.3, -0.25) is 19.5 Å². The van der Waals surface area contributed by atoms with Gasteiger partial charge in [0.15, 0.2) is 5.78 Å². The molecule has 0 aromatic heterocycles. The van der Waals surface area contributed by atoms with E-state index >= 15 is 0 Å². The van der Waals surface area contributed by atoms with Crippen LogP contribution in [0.15, 0.2) is 34.7 Å². The molecule has 6 nitrogen and oxygen atoms in total. The first-order chi connectivity index (χ1) is 16.4. The van der Waals surface area contributed by atoms with Gasteiger partial charge in [0.05, 0.1) is 24.3 Å². The third-order valence-electron chi connectivity index (χ3n) is 7.19. The van der Waals surface area contributed by atoms with E-state index in [1.54, 1.807) is 12.5 Å². The quantitative estimate of drug-likeness (QED) is 0.347. The Bertz CT molecular complexity index is 894. The van der Waals surface area contributed by atoms with Gasteiger partial charge < -0.3 is 10.6 Å². The molecule has 2 fully saturated rings. The van der Waals surface area contributed by atoms with Crippen LogP contribution in [0.2, 0.25) is 0 Å². The summed E-state index contributed by atoms with van der Waals surface area (Å²) in [6.07, 6.45) is 9.44. The van der Waals surface area contributed by atoms with Crippen LogP contribution in [0.5, 0.6) is 0 Å². The van der Waals surface area contributed by atoms with E-state index in [0.29, 0.717) is 6.54 Å². The third kappa shape index (κ3) is 7.27. The van der Waals surface area contributed by atoms with Gasteiger partial charge in [0.1, 0.15) is 0 Å². The number of rotatable bonds is 10. The molecule has 1 aromatic rings. The van der Waals surface area contributed by atoms with Gasteiger partial charge in [-0.05, 0) is 70.5 Å². The molecule has 1 aromatic carbocycles. The Hall–Kier alpha value is -1.96.